The van der Waals surface area contributed by atoms with Crippen molar-refractivity contribution in [3.8, 4) is 5.75 Å². The Balaban J connectivity index is 1.97. The fraction of sp³-hybridized carbons (Fsp3) is 0.647. The zero-order chi connectivity index (χ0) is 13.8. The van der Waals surface area contributed by atoms with Crippen molar-refractivity contribution < 1.29 is 4.74 Å². The Bertz CT molecular complexity index is 387. The summed E-state index contributed by atoms with van der Waals surface area (Å²) in [7, 11) is 1.71. The zero-order valence-corrected chi connectivity index (χ0v) is 12.6. The largest absolute Gasteiger partial charge is 0.497 e. The molecule has 106 valence electrons. The van der Waals surface area contributed by atoms with Gasteiger partial charge in [-0.3, -0.25) is 0 Å². The van der Waals surface area contributed by atoms with Crippen LogP contribution < -0.4 is 10.1 Å². The highest BCUT2D eigenvalue weighted by molar-refractivity contribution is 5.28. The van der Waals surface area contributed by atoms with Gasteiger partial charge in [0.2, 0.25) is 0 Å². The van der Waals surface area contributed by atoms with Crippen LogP contribution >= 0.6 is 0 Å². The molecule has 3 unspecified atom stereocenters. The number of methoxy groups -OCH3 is 1. The number of ether oxygens (including phenoxy) is 1. The maximum Gasteiger partial charge on any atom is 0.118 e. The first kappa shape index (κ1) is 14.4. The van der Waals surface area contributed by atoms with Crippen molar-refractivity contribution in [2.24, 2.45) is 11.8 Å². The molecule has 4 atom stereocenters. The lowest BCUT2D eigenvalue weighted by atomic mass is 9.79. The summed E-state index contributed by atoms with van der Waals surface area (Å²) in [5.74, 6) is 2.57. The Labute approximate surface area is 117 Å². The van der Waals surface area contributed by atoms with E-state index in [4.69, 9.17) is 4.74 Å². The molecule has 1 aromatic rings. The van der Waals surface area contributed by atoms with Crippen LogP contribution in [0.4, 0.5) is 0 Å². The van der Waals surface area contributed by atoms with E-state index in [2.05, 4.69) is 38.2 Å². The molecule has 0 saturated heterocycles. The highest BCUT2D eigenvalue weighted by Gasteiger charge is 2.26. The summed E-state index contributed by atoms with van der Waals surface area (Å²) in [6, 6.07) is 9.46. The van der Waals surface area contributed by atoms with Gasteiger partial charge in [0.1, 0.15) is 5.75 Å². The molecule has 0 spiro atoms. The number of nitrogens with one attached hydrogen (secondary N) is 1. The molecule has 2 heteroatoms. The van der Waals surface area contributed by atoms with Crippen LogP contribution in [0.5, 0.6) is 5.75 Å². The third-order valence-corrected chi connectivity index (χ3v) is 4.54. The van der Waals surface area contributed by atoms with Gasteiger partial charge in [0, 0.05) is 12.1 Å². The van der Waals surface area contributed by atoms with Crippen LogP contribution in [0.2, 0.25) is 0 Å². The van der Waals surface area contributed by atoms with E-state index < -0.39 is 0 Å². The average Bonchev–Trinajstić information content (AvgIpc) is 2.43. The van der Waals surface area contributed by atoms with Crippen molar-refractivity contribution in [2.45, 2.75) is 52.1 Å². The first-order valence-electron chi connectivity index (χ1n) is 7.50. The van der Waals surface area contributed by atoms with Crippen LogP contribution in [0.3, 0.4) is 0 Å². The third kappa shape index (κ3) is 3.73. The zero-order valence-electron chi connectivity index (χ0n) is 12.6. The van der Waals surface area contributed by atoms with Crippen LogP contribution in [0.15, 0.2) is 24.3 Å². The molecule has 1 aliphatic rings. The van der Waals surface area contributed by atoms with E-state index in [1.807, 2.05) is 12.1 Å². The van der Waals surface area contributed by atoms with Crippen molar-refractivity contribution in [3.63, 3.8) is 0 Å². The highest BCUT2D eigenvalue weighted by Crippen LogP contribution is 2.30. The Hall–Kier alpha value is -1.02. The monoisotopic (exact) mass is 261 g/mol. The molecule has 1 saturated carbocycles. The molecule has 0 bridgehead atoms. The average molecular weight is 261 g/mol. The molecular weight excluding hydrogens is 234 g/mol. The van der Waals surface area contributed by atoms with Gasteiger partial charge in [0.05, 0.1) is 7.11 Å². The second-order valence-corrected chi connectivity index (χ2v) is 6.16. The molecule has 1 aliphatic carbocycles. The molecule has 0 heterocycles. The molecule has 1 N–H and O–H groups in total. The first-order valence-corrected chi connectivity index (χ1v) is 7.50. The normalized spacial score (nSPS) is 28.9. The van der Waals surface area contributed by atoms with E-state index in [1.165, 1.54) is 24.8 Å². The van der Waals surface area contributed by atoms with E-state index in [0.29, 0.717) is 12.1 Å². The quantitative estimate of drug-likeness (QED) is 0.878. The van der Waals surface area contributed by atoms with Crippen LogP contribution in [0, 0.1) is 11.8 Å². The fourth-order valence-electron chi connectivity index (χ4n) is 3.07. The molecule has 19 heavy (non-hydrogen) atoms. The summed E-state index contributed by atoms with van der Waals surface area (Å²) in [4.78, 5) is 0. The number of hydrogen-bond donors (Lipinski definition) is 1. The van der Waals surface area contributed by atoms with Gasteiger partial charge in [-0.25, -0.2) is 0 Å². The smallest absolute Gasteiger partial charge is 0.118 e. The Morgan fingerprint density at radius 3 is 2.47 bits per heavy atom. The van der Waals surface area contributed by atoms with Crippen LogP contribution in [-0.4, -0.2) is 13.2 Å². The van der Waals surface area contributed by atoms with Gasteiger partial charge < -0.3 is 10.1 Å². The Morgan fingerprint density at radius 2 is 1.84 bits per heavy atom. The van der Waals surface area contributed by atoms with Gasteiger partial charge in [-0.2, -0.15) is 0 Å². The number of rotatable bonds is 4. The second kappa shape index (κ2) is 6.42. The van der Waals surface area contributed by atoms with Crippen molar-refractivity contribution in [3.05, 3.63) is 29.8 Å². The van der Waals surface area contributed by atoms with Gasteiger partial charge in [-0.15, -0.1) is 0 Å². The number of benzene rings is 1. The highest BCUT2D eigenvalue weighted by atomic mass is 16.5. The predicted octanol–water partition coefficient (Wildman–Crippen LogP) is 4.17. The van der Waals surface area contributed by atoms with E-state index in [9.17, 15) is 0 Å². The molecule has 1 fully saturated rings. The van der Waals surface area contributed by atoms with E-state index in [-0.39, 0.29) is 0 Å². The number of hydrogen-bond acceptors (Lipinski definition) is 2. The molecule has 0 aromatic heterocycles. The maximum absolute atomic E-state index is 5.21. The van der Waals surface area contributed by atoms with E-state index >= 15 is 0 Å². The lowest BCUT2D eigenvalue weighted by molar-refractivity contribution is 0.216. The van der Waals surface area contributed by atoms with Crippen molar-refractivity contribution in [1.29, 1.82) is 0 Å². The van der Waals surface area contributed by atoms with Gasteiger partial charge in [-0.1, -0.05) is 32.4 Å². The molecular formula is C17H27NO. The van der Waals surface area contributed by atoms with Gasteiger partial charge in [-0.05, 0) is 49.3 Å². The van der Waals surface area contributed by atoms with Crippen molar-refractivity contribution in [1.82, 2.24) is 5.32 Å². The summed E-state index contributed by atoms with van der Waals surface area (Å²) >= 11 is 0. The van der Waals surface area contributed by atoms with Gasteiger partial charge >= 0.3 is 0 Å². The first-order chi connectivity index (χ1) is 9.10. The molecule has 0 radical (unpaired) electrons. The van der Waals surface area contributed by atoms with Gasteiger partial charge in [0.15, 0.2) is 0 Å². The minimum absolute atomic E-state index is 0.406. The van der Waals surface area contributed by atoms with Crippen molar-refractivity contribution >= 4 is 0 Å². The molecule has 0 amide bonds. The van der Waals surface area contributed by atoms with E-state index in [1.54, 1.807) is 7.11 Å². The van der Waals surface area contributed by atoms with Crippen LogP contribution in [-0.2, 0) is 0 Å². The summed E-state index contributed by atoms with van der Waals surface area (Å²) in [6.45, 7) is 7.01. The predicted molar refractivity (Wildman–Crippen MR) is 80.5 cm³/mol. The summed E-state index contributed by atoms with van der Waals surface area (Å²) in [5.41, 5.74) is 1.34. The van der Waals surface area contributed by atoms with Crippen LogP contribution in [0.25, 0.3) is 0 Å². The minimum atomic E-state index is 0.406. The Kier molecular flexibility index (Phi) is 4.87. The van der Waals surface area contributed by atoms with Crippen molar-refractivity contribution in [2.75, 3.05) is 7.11 Å². The SMILES string of the molecule is COc1ccc([C@@H](C)NC2CC(C)CCC2C)cc1. The molecule has 1 aromatic carbocycles. The summed E-state index contributed by atoms with van der Waals surface area (Å²) in [5, 5.41) is 3.81. The second-order valence-electron chi connectivity index (χ2n) is 6.16. The lowest BCUT2D eigenvalue weighted by Gasteiger charge is -2.35. The lowest BCUT2D eigenvalue weighted by Crippen LogP contribution is -2.40. The topological polar surface area (TPSA) is 21.3 Å². The molecule has 2 rings (SSSR count). The standard InChI is InChI=1S/C17H27NO/c1-12-5-6-13(2)17(11-12)18-14(3)15-7-9-16(19-4)10-8-15/h7-10,12-14,17-18H,5-6,11H2,1-4H3/t12?,13?,14-,17?/m1/s1. The van der Waals surface area contributed by atoms with E-state index in [0.717, 1.165) is 17.6 Å². The molecule has 2 nitrogen and oxygen atoms in total. The third-order valence-electron chi connectivity index (χ3n) is 4.54. The van der Waals surface area contributed by atoms with Crippen LogP contribution in [0.1, 0.15) is 51.6 Å². The fourth-order valence-corrected chi connectivity index (χ4v) is 3.07. The summed E-state index contributed by atoms with van der Waals surface area (Å²) < 4.78 is 5.21. The Morgan fingerprint density at radius 1 is 1.16 bits per heavy atom. The maximum atomic E-state index is 5.21. The minimum Gasteiger partial charge on any atom is -0.497 e. The summed E-state index contributed by atoms with van der Waals surface area (Å²) in [6.07, 6.45) is 4.05. The van der Waals surface area contributed by atoms with Gasteiger partial charge in [0.25, 0.3) is 0 Å². The molecule has 0 aliphatic heterocycles.